The van der Waals surface area contributed by atoms with E-state index in [2.05, 4.69) is 5.32 Å². The summed E-state index contributed by atoms with van der Waals surface area (Å²) < 4.78 is 35.0. The standard InChI is InChI=1S/C27H25F2N3O2S/c28-23-13-20(6-5-18(23)16-34-26-3-1-2-21-22(26)15-31-27(21)33)35-19-8-10-32(11-9-19)25-7-4-17(14-30)12-24(25)29/h3-7,12-13,19H,1-2,8-11,15-16H2,(H,31,33). The molecule has 35 heavy (non-hydrogen) atoms. The molecule has 1 fully saturated rings. The lowest BCUT2D eigenvalue weighted by Crippen LogP contribution is -2.35. The number of benzene rings is 2. The topological polar surface area (TPSA) is 65.4 Å². The number of allylic oxidation sites excluding steroid dienone is 1. The number of nitrogens with one attached hydrogen (secondary N) is 1. The number of hydrogen-bond acceptors (Lipinski definition) is 5. The fourth-order valence-electron chi connectivity index (χ4n) is 4.75. The van der Waals surface area contributed by atoms with Crippen molar-refractivity contribution < 1.29 is 18.3 Å². The average molecular weight is 494 g/mol. The van der Waals surface area contributed by atoms with Crippen LogP contribution in [0.2, 0.25) is 0 Å². The summed E-state index contributed by atoms with van der Waals surface area (Å²) in [6, 6.07) is 11.8. The minimum absolute atomic E-state index is 0.0328. The number of piperidine rings is 1. The number of anilines is 1. The molecular formula is C27H25F2N3O2S. The summed E-state index contributed by atoms with van der Waals surface area (Å²) in [5.74, 6) is -0.0387. The van der Waals surface area contributed by atoms with Crippen LogP contribution in [0, 0.1) is 23.0 Å². The van der Waals surface area contributed by atoms with Crippen molar-refractivity contribution in [3.8, 4) is 6.07 Å². The van der Waals surface area contributed by atoms with Gasteiger partial charge in [0.15, 0.2) is 0 Å². The molecule has 2 aromatic rings. The van der Waals surface area contributed by atoms with Gasteiger partial charge in [0, 0.05) is 46.5 Å². The van der Waals surface area contributed by atoms with E-state index in [1.165, 1.54) is 6.07 Å². The highest BCUT2D eigenvalue weighted by atomic mass is 32.2. The first-order chi connectivity index (χ1) is 17.0. The molecule has 8 heteroatoms. The Balaban J connectivity index is 1.15. The molecule has 0 saturated carbocycles. The second-order valence-corrected chi connectivity index (χ2v) is 10.2. The molecule has 1 saturated heterocycles. The van der Waals surface area contributed by atoms with E-state index < -0.39 is 0 Å². The lowest BCUT2D eigenvalue weighted by molar-refractivity contribution is -0.116. The highest BCUT2D eigenvalue weighted by Gasteiger charge is 2.28. The van der Waals surface area contributed by atoms with Crippen molar-refractivity contribution >= 4 is 23.4 Å². The Morgan fingerprint density at radius 2 is 1.94 bits per heavy atom. The zero-order valence-electron chi connectivity index (χ0n) is 19.2. The molecule has 0 atom stereocenters. The van der Waals surface area contributed by atoms with Gasteiger partial charge >= 0.3 is 0 Å². The number of nitriles is 1. The van der Waals surface area contributed by atoms with Crippen LogP contribution >= 0.6 is 11.8 Å². The molecule has 180 valence electrons. The Morgan fingerprint density at radius 3 is 2.69 bits per heavy atom. The third kappa shape index (κ3) is 5.06. The molecule has 1 aliphatic carbocycles. The molecular weight excluding hydrogens is 468 g/mol. The van der Waals surface area contributed by atoms with Gasteiger partial charge in [-0.3, -0.25) is 4.79 Å². The molecule has 5 nitrogen and oxygen atoms in total. The predicted molar refractivity (Wildman–Crippen MR) is 131 cm³/mol. The number of thioether (sulfide) groups is 1. The van der Waals surface area contributed by atoms with Gasteiger partial charge in [0.2, 0.25) is 5.91 Å². The fraction of sp³-hybridized carbons (Fsp3) is 0.333. The molecule has 0 aromatic heterocycles. The Bertz CT molecular complexity index is 1260. The highest BCUT2D eigenvalue weighted by molar-refractivity contribution is 8.00. The Hall–Kier alpha value is -3.31. The van der Waals surface area contributed by atoms with Crippen LogP contribution < -0.4 is 10.2 Å². The summed E-state index contributed by atoms with van der Waals surface area (Å²) in [5, 5.41) is 12.1. The van der Waals surface area contributed by atoms with Gasteiger partial charge < -0.3 is 15.0 Å². The molecule has 0 spiro atoms. The number of amides is 1. The summed E-state index contributed by atoms with van der Waals surface area (Å²) in [6.07, 6.45) is 5.15. The van der Waals surface area contributed by atoms with E-state index in [0.29, 0.717) is 47.5 Å². The minimum Gasteiger partial charge on any atom is -0.489 e. The second-order valence-electron chi connectivity index (χ2n) is 8.87. The molecule has 3 aliphatic rings. The second kappa shape index (κ2) is 10.1. The zero-order valence-corrected chi connectivity index (χ0v) is 20.0. The largest absolute Gasteiger partial charge is 0.489 e. The van der Waals surface area contributed by atoms with Crippen molar-refractivity contribution in [3.63, 3.8) is 0 Å². The number of nitrogens with zero attached hydrogens (tertiary/aromatic N) is 2. The average Bonchev–Trinajstić information content (AvgIpc) is 3.25. The summed E-state index contributed by atoms with van der Waals surface area (Å²) in [6.45, 7) is 2.00. The van der Waals surface area contributed by atoms with Crippen LogP contribution in [0.25, 0.3) is 0 Å². The van der Waals surface area contributed by atoms with E-state index in [1.54, 1.807) is 36.0 Å². The van der Waals surface area contributed by atoms with Gasteiger partial charge in [0.25, 0.3) is 0 Å². The summed E-state index contributed by atoms with van der Waals surface area (Å²) in [7, 11) is 0. The monoisotopic (exact) mass is 493 g/mol. The van der Waals surface area contributed by atoms with E-state index in [4.69, 9.17) is 10.00 Å². The number of rotatable bonds is 6. The Morgan fingerprint density at radius 1 is 1.11 bits per heavy atom. The van der Waals surface area contributed by atoms with Crippen LogP contribution in [0.5, 0.6) is 0 Å². The first kappa shape index (κ1) is 23.4. The third-order valence-corrected chi connectivity index (χ3v) is 7.99. The molecule has 2 aliphatic heterocycles. The number of carbonyl (C=O) groups excluding carboxylic acids is 1. The van der Waals surface area contributed by atoms with E-state index in [0.717, 1.165) is 41.7 Å². The van der Waals surface area contributed by atoms with Gasteiger partial charge in [-0.05, 0) is 62.1 Å². The molecule has 0 radical (unpaired) electrons. The van der Waals surface area contributed by atoms with Crippen molar-refractivity contribution in [2.24, 2.45) is 0 Å². The van der Waals surface area contributed by atoms with Gasteiger partial charge in [-0.2, -0.15) is 5.26 Å². The van der Waals surface area contributed by atoms with Crippen LogP contribution in [0.3, 0.4) is 0 Å². The zero-order chi connectivity index (χ0) is 24.4. The number of hydrogen-bond donors (Lipinski definition) is 1. The summed E-state index contributed by atoms with van der Waals surface area (Å²) in [4.78, 5) is 14.7. The van der Waals surface area contributed by atoms with Gasteiger partial charge in [0.05, 0.1) is 17.3 Å². The van der Waals surface area contributed by atoms with E-state index in [-0.39, 0.29) is 24.1 Å². The van der Waals surface area contributed by atoms with Crippen molar-refractivity contribution in [1.82, 2.24) is 5.32 Å². The lowest BCUT2D eigenvalue weighted by atomic mass is 9.98. The maximum atomic E-state index is 14.8. The van der Waals surface area contributed by atoms with E-state index >= 15 is 0 Å². The maximum absolute atomic E-state index is 14.8. The van der Waals surface area contributed by atoms with Crippen LogP contribution in [-0.4, -0.2) is 30.8 Å². The molecule has 0 bridgehead atoms. The summed E-state index contributed by atoms with van der Waals surface area (Å²) >= 11 is 1.64. The number of carbonyl (C=O) groups is 1. The molecule has 1 amide bonds. The molecule has 2 heterocycles. The first-order valence-electron chi connectivity index (χ1n) is 11.7. The Kier molecular flexibility index (Phi) is 6.78. The smallest absolute Gasteiger partial charge is 0.247 e. The van der Waals surface area contributed by atoms with Crippen LogP contribution in [0.15, 0.2) is 64.3 Å². The van der Waals surface area contributed by atoms with Gasteiger partial charge in [-0.15, -0.1) is 11.8 Å². The quantitative estimate of drug-likeness (QED) is 0.598. The van der Waals surface area contributed by atoms with Gasteiger partial charge in [-0.1, -0.05) is 6.07 Å². The van der Waals surface area contributed by atoms with Crippen molar-refractivity contribution in [1.29, 1.82) is 5.26 Å². The van der Waals surface area contributed by atoms with Crippen molar-refractivity contribution in [2.75, 3.05) is 24.5 Å². The van der Waals surface area contributed by atoms with Crippen LogP contribution in [-0.2, 0) is 16.1 Å². The molecule has 1 N–H and O–H groups in total. The van der Waals surface area contributed by atoms with Crippen LogP contribution in [0.4, 0.5) is 14.5 Å². The molecule has 5 rings (SSSR count). The first-order valence-corrected chi connectivity index (χ1v) is 12.6. The maximum Gasteiger partial charge on any atom is 0.247 e. The molecule has 0 unspecified atom stereocenters. The predicted octanol–water partition coefficient (Wildman–Crippen LogP) is 5.22. The number of ether oxygens (including phenoxy) is 1. The van der Waals surface area contributed by atoms with E-state index in [9.17, 15) is 13.6 Å². The number of halogens is 2. The normalized spacial score (nSPS) is 18.1. The lowest BCUT2D eigenvalue weighted by Gasteiger charge is -2.33. The SMILES string of the molecule is N#Cc1ccc(N2CCC(Sc3ccc(COC4=CCCC5=C4CNC5=O)c(F)c3)CC2)c(F)c1. The van der Waals surface area contributed by atoms with Gasteiger partial charge in [-0.25, -0.2) is 8.78 Å². The third-order valence-electron chi connectivity index (χ3n) is 6.66. The van der Waals surface area contributed by atoms with Crippen molar-refractivity contribution in [2.45, 2.75) is 42.4 Å². The minimum atomic E-state index is -0.373. The van der Waals surface area contributed by atoms with E-state index in [1.807, 2.05) is 23.1 Å². The fourth-order valence-corrected chi connectivity index (χ4v) is 5.90. The van der Waals surface area contributed by atoms with Gasteiger partial charge in [0.1, 0.15) is 24.0 Å². The summed E-state index contributed by atoms with van der Waals surface area (Å²) in [5.41, 5.74) is 2.99. The highest BCUT2D eigenvalue weighted by Crippen LogP contribution is 2.34. The molecule has 2 aromatic carbocycles. The Labute approximate surface area is 207 Å². The van der Waals surface area contributed by atoms with Crippen LogP contribution in [0.1, 0.15) is 36.8 Å². The van der Waals surface area contributed by atoms with Crippen molar-refractivity contribution in [3.05, 3.63) is 82.1 Å².